The monoisotopic (exact) mass is 422 g/mol. The van der Waals surface area contributed by atoms with Gasteiger partial charge in [0.2, 0.25) is 11.9 Å². The minimum atomic E-state index is -4.51. The Morgan fingerprint density at radius 3 is 2.37 bits per heavy atom. The van der Waals surface area contributed by atoms with E-state index in [2.05, 4.69) is 20.6 Å². The highest BCUT2D eigenvalue weighted by atomic mass is 19.4. The number of carbonyl (C=O) groups is 2. The SMILES string of the molecule is C[C@H](NC(=O)N1CCN(c2ncccn2)CC1)C(=O)Nc1cccc(C(F)(F)F)c1. The average molecular weight is 422 g/mol. The van der Waals surface area contributed by atoms with Gasteiger partial charge in [0.05, 0.1) is 5.56 Å². The third-order valence-corrected chi connectivity index (χ3v) is 4.59. The lowest BCUT2D eigenvalue weighted by Gasteiger charge is -2.35. The van der Waals surface area contributed by atoms with Gasteiger partial charge in [-0.15, -0.1) is 0 Å². The largest absolute Gasteiger partial charge is 0.416 e. The predicted octanol–water partition coefficient (Wildman–Crippen LogP) is 2.35. The number of hydrogen-bond donors (Lipinski definition) is 2. The van der Waals surface area contributed by atoms with Gasteiger partial charge >= 0.3 is 12.2 Å². The van der Waals surface area contributed by atoms with Gasteiger partial charge in [0, 0.05) is 44.3 Å². The highest BCUT2D eigenvalue weighted by Crippen LogP contribution is 2.30. The van der Waals surface area contributed by atoms with Crippen molar-refractivity contribution in [3.8, 4) is 0 Å². The van der Waals surface area contributed by atoms with Crippen LogP contribution in [0, 0.1) is 0 Å². The van der Waals surface area contributed by atoms with Crippen molar-refractivity contribution in [2.24, 2.45) is 0 Å². The van der Waals surface area contributed by atoms with Crippen LogP contribution in [-0.4, -0.2) is 59.0 Å². The second-order valence-corrected chi connectivity index (χ2v) is 6.76. The quantitative estimate of drug-likeness (QED) is 0.790. The van der Waals surface area contributed by atoms with Crippen LogP contribution in [0.5, 0.6) is 0 Å². The molecule has 160 valence electrons. The number of benzene rings is 1. The molecule has 0 aliphatic carbocycles. The van der Waals surface area contributed by atoms with Crippen molar-refractivity contribution in [3.05, 3.63) is 48.3 Å². The van der Waals surface area contributed by atoms with E-state index in [9.17, 15) is 22.8 Å². The van der Waals surface area contributed by atoms with Gasteiger partial charge in [-0.25, -0.2) is 14.8 Å². The fourth-order valence-corrected chi connectivity index (χ4v) is 2.93. The number of piperazine rings is 1. The van der Waals surface area contributed by atoms with E-state index in [1.54, 1.807) is 23.4 Å². The number of urea groups is 1. The van der Waals surface area contributed by atoms with Crippen molar-refractivity contribution in [2.45, 2.75) is 19.1 Å². The van der Waals surface area contributed by atoms with Crippen LogP contribution in [-0.2, 0) is 11.0 Å². The molecule has 2 N–H and O–H groups in total. The molecule has 1 saturated heterocycles. The van der Waals surface area contributed by atoms with Crippen molar-refractivity contribution in [2.75, 3.05) is 36.4 Å². The van der Waals surface area contributed by atoms with E-state index in [4.69, 9.17) is 0 Å². The summed E-state index contributed by atoms with van der Waals surface area (Å²) in [4.78, 5) is 36.6. The molecule has 0 saturated carbocycles. The summed E-state index contributed by atoms with van der Waals surface area (Å²) in [6.45, 7) is 3.40. The second kappa shape index (κ2) is 8.97. The van der Waals surface area contributed by atoms with Crippen LogP contribution in [0.1, 0.15) is 12.5 Å². The summed E-state index contributed by atoms with van der Waals surface area (Å²) in [7, 11) is 0. The minimum absolute atomic E-state index is 0.00685. The lowest BCUT2D eigenvalue weighted by Crippen LogP contribution is -2.55. The highest BCUT2D eigenvalue weighted by Gasteiger charge is 2.31. The number of hydrogen-bond acceptors (Lipinski definition) is 5. The van der Waals surface area contributed by atoms with Gasteiger partial charge in [-0.3, -0.25) is 4.79 Å². The molecule has 1 aromatic carbocycles. The van der Waals surface area contributed by atoms with E-state index in [1.807, 2.05) is 4.90 Å². The number of rotatable bonds is 4. The molecule has 0 bridgehead atoms. The Bertz CT molecular complexity index is 885. The van der Waals surface area contributed by atoms with E-state index in [0.717, 1.165) is 12.1 Å². The summed E-state index contributed by atoms with van der Waals surface area (Å²) in [5.74, 6) is -0.0228. The van der Waals surface area contributed by atoms with Crippen LogP contribution in [0.3, 0.4) is 0 Å². The zero-order chi connectivity index (χ0) is 21.7. The third kappa shape index (κ3) is 5.37. The van der Waals surface area contributed by atoms with Gasteiger partial charge in [-0.2, -0.15) is 13.2 Å². The van der Waals surface area contributed by atoms with Gasteiger partial charge in [-0.1, -0.05) is 6.07 Å². The maximum atomic E-state index is 12.8. The van der Waals surface area contributed by atoms with E-state index in [1.165, 1.54) is 19.1 Å². The Hall–Kier alpha value is -3.37. The first-order valence-corrected chi connectivity index (χ1v) is 9.29. The van der Waals surface area contributed by atoms with Crippen LogP contribution in [0.2, 0.25) is 0 Å². The smallest absolute Gasteiger partial charge is 0.337 e. The number of carbonyl (C=O) groups excluding carboxylic acids is 2. The van der Waals surface area contributed by atoms with Crippen LogP contribution < -0.4 is 15.5 Å². The molecule has 3 amide bonds. The topological polar surface area (TPSA) is 90.5 Å². The molecule has 11 heteroatoms. The molecule has 0 radical (unpaired) electrons. The van der Waals surface area contributed by atoms with E-state index >= 15 is 0 Å². The molecule has 0 spiro atoms. The summed E-state index contributed by atoms with van der Waals surface area (Å²) in [5.41, 5.74) is -0.857. The Balaban J connectivity index is 1.50. The summed E-state index contributed by atoms with van der Waals surface area (Å²) in [5, 5.41) is 4.97. The van der Waals surface area contributed by atoms with E-state index < -0.39 is 29.7 Å². The zero-order valence-corrected chi connectivity index (χ0v) is 16.2. The number of amides is 3. The number of anilines is 2. The first kappa shape index (κ1) is 21.3. The normalized spacial score (nSPS) is 15.5. The molecule has 3 rings (SSSR count). The second-order valence-electron chi connectivity index (χ2n) is 6.76. The molecule has 2 heterocycles. The Morgan fingerprint density at radius 1 is 1.07 bits per heavy atom. The van der Waals surface area contributed by atoms with Crippen molar-refractivity contribution in [1.29, 1.82) is 0 Å². The first-order valence-electron chi connectivity index (χ1n) is 9.29. The van der Waals surface area contributed by atoms with Crippen molar-refractivity contribution < 1.29 is 22.8 Å². The summed E-state index contributed by atoms with van der Waals surface area (Å²) in [6.07, 6.45) is -1.22. The van der Waals surface area contributed by atoms with Gasteiger partial charge < -0.3 is 20.4 Å². The van der Waals surface area contributed by atoms with Crippen LogP contribution >= 0.6 is 0 Å². The van der Waals surface area contributed by atoms with Gasteiger partial charge in [-0.05, 0) is 31.2 Å². The Labute approximate surface area is 171 Å². The number of aromatic nitrogens is 2. The maximum Gasteiger partial charge on any atom is 0.416 e. The zero-order valence-electron chi connectivity index (χ0n) is 16.2. The number of halogens is 3. The molecule has 1 aliphatic rings. The molecule has 2 aromatic rings. The van der Waals surface area contributed by atoms with Crippen LogP contribution in [0.15, 0.2) is 42.7 Å². The fraction of sp³-hybridized carbons (Fsp3) is 0.368. The summed E-state index contributed by atoms with van der Waals surface area (Å²) in [6, 6.07) is 4.69. The average Bonchev–Trinajstić information content (AvgIpc) is 2.74. The number of nitrogens with zero attached hydrogens (tertiary/aromatic N) is 4. The van der Waals surface area contributed by atoms with Crippen molar-refractivity contribution >= 4 is 23.6 Å². The molecule has 8 nitrogen and oxygen atoms in total. The molecular weight excluding hydrogens is 401 g/mol. The summed E-state index contributed by atoms with van der Waals surface area (Å²) >= 11 is 0. The minimum Gasteiger partial charge on any atom is -0.337 e. The fourth-order valence-electron chi connectivity index (χ4n) is 2.93. The number of nitrogens with one attached hydrogen (secondary N) is 2. The predicted molar refractivity (Wildman–Crippen MR) is 104 cm³/mol. The highest BCUT2D eigenvalue weighted by molar-refractivity contribution is 5.96. The molecule has 0 unspecified atom stereocenters. The molecule has 1 aromatic heterocycles. The van der Waals surface area contributed by atoms with Gasteiger partial charge in [0.1, 0.15) is 6.04 Å². The first-order chi connectivity index (χ1) is 14.2. The molecule has 1 fully saturated rings. The van der Waals surface area contributed by atoms with E-state index in [-0.39, 0.29) is 5.69 Å². The van der Waals surface area contributed by atoms with Crippen LogP contribution in [0.4, 0.5) is 29.6 Å². The molecule has 1 aliphatic heterocycles. The van der Waals surface area contributed by atoms with Gasteiger partial charge in [0.15, 0.2) is 0 Å². The lowest BCUT2D eigenvalue weighted by atomic mass is 10.2. The number of alkyl halides is 3. The Kier molecular flexibility index (Phi) is 6.38. The molecule has 30 heavy (non-hydrogen) atoms. The standard InChI is InChI=1S/C19H21F3N6O2/c1-13(16(29)26-15-5-2-4-14(12-15)19(20,21)22)25-18(30)28-10-8-27(9-11-28)17-23-6-3-7-24-17/h2-7,12-13H,8-11H2,1H3,(H,25,30)(H,26,29)/t13-/m0/s1. The van der Waals surface area contributed by atoms with Gasteiger partial charge in [0.25, 0.3) is 0 Å². The maximum absolute atomic E-state index is 12.8. The summed E-state index contributed by atoms with van der Waals surface area (Å²) < 4.78 is 38.4. The lowest BCUT2D eigenvalue weighted by molar-refractivity contribution is -0.137. The van der Waals surface area contributed by atoms with Crippen molar-refractivity contribution in [1.82, 2.24) is 20.2 Å². The molecule has 1 atom stereocenters. The Morgan fingerprint density at radius 2 is 1.73 bits per heavy atom. The van der Waals surface area contributed by atoms with E-state index in [0.29, 0.717) is 32.1 Å². The third-order valence-electron chi connectivity index (χ3n) is 4.59. The van der Waals surface area contributed by atoms with Crippen molar-refractivity contribution in [3.63, 3.8) is 0 Å². The molecular formula is C19H21F3N6O2. The van der Waals surface area contributed by atoms with Crippen LogP contribution in [0.25, 0.3) is 0 Å².